The van der Waals surface area contributed by atoms with E-state index in [1.807, 2.05) is 32.0 Å². The van der Waals surface area contributed by atoms with E-state index in [4.69, 9.17) is 30.8 Å². The van der Waals surface area contributed by atoms with Crippen LogP contribution in [0.1, 0.15) is 32.4 Å². The summed E-state index contributed by atoms with van der Waals surface area (Å²) in [6, 6.07) is 10.6. The van der Waals surface area contributed by atoms with Crippen molar-refractivity contribution in [3.8, 4) is 5.75 Å². The van der Waals surface area contributed by atoms with E-state index < -0.39 is 29.0 Å². The van der Waals surface area contributed by atoms with Gasteiger partial charge in [0.25, 0.3) is 10.5 Å². The summed E-state index contributed by atoms with van der Waals surface area (Å²) in [7, 11) is 0. The molecule has 2 aromatic carbocycles. The summed E-state index contributed by atoms with van der Waals surface area (Å²) in [6.45, 7) is 6.00. The average Bonchev–Trinajstić information content (AvgIpc) is 3.10. The summed E-state index contributed by atoms with van der Waals surface area (Å²) in [5.74, 6) is 0.366. The lowest BCUT2D eigenvalue weighted by Gasteiger charge is -2.47. The van der Waals surface area contributed by atoms with Gasteiger partial charge in [-0.05, 0) is 51.2 Å². The number of rotatable bonds is 7. The lowest BCUT2D eigenvalue weighted by atomic mass is 9.84. The number of aromatic nitrogens is 1. The third kappa shape index (κ3) is 3.58. The van der Waals surface area contributed by atoms with Gasteiger partial charge in [-0.1, -0.05) is 12.1 Å². The molecule has 10 heteroatoms. The predicted molar refractivity (Wildman–Crippen MR) is 118 cm³/mol. The summed E-state index contributed by atoms with van der Waals surface area (Å²) < 4.78 is 25.2. The molecule has 0 amide bonds. The molecule has 3 atom stereocenters. The first-order valence-corrected chi connectivity index (χ1v) is 10.7. The number of benzene rings is 2. The Morgan fingerprint density at radius 3 is 2.59 bits per heavy atom. The Balaban J connectivity index is 1.97. The molecule has 0 aliphatic carbocycles. The molecule has 1 N–H and O–H groups in total. The quantitative estimate of drug-likeness (QED) is 0.240. The van der Waals surface area contributed by atoms with Crippen molar-refractivity contribution in [1.29, 1.82) is 0 Å². The number of nitro benzene ring substituents is 1. The van der Waals surface area contributed by atoms with Gasteiger partial charge in [0, 0.05) is 30.9 Å². The zero-order valence-corrected chi connectivity index (χ0v) is 18.7. The molecular weight excluding hydrogens is 436 g/mol. The minimum absolute atomic E-state index is 0.126. The highest BCUT2D eigenvalue weighted by atomic mass is 32.1. The zero-order valence-electron chi connectivity index (χ0n) is 17.9. The van der Waals surface area contributed by atoms with Gasteiger partial charge in [-0.15, -0.1) is 0 Å². The second kappa shape index (κ2) is 8.62. The van der Waals surface area contributed by atoms with E-state index in [-0.39, 0.29) is 10.5 Å². The fourth-order valence-electron chi connectivity index (χ4n) is 4.15. The largest absolute Gasteiger partial charge is 0.479 e. The lowest BCUT2D eigenvalue weighted by molar-refractivity contribution is -0.385. The van der Waals surface area contributed by atoms with E-state index in [0.717, 1.165) is 0 Å². The van der Waals surface area contributed by atoms with Crippen molar-refractivity contribution in [2.24, 2.45) is 0 Å². The van der Waals surface area contributed by atoms with Gasteiger partial charge in [-0.3, -0.25) is 14.7 Å². The van der Waals surface area contributed by atoms with Crippen molar-refractivity contribution in [3.63, 3.8) is 0 Å². The van der Waals surface area contributed by atoms with Crippen LogP contribution in [0.25, 0.3) is 11.1 Å². The second-order valence-corrected chi connectivity index (χ2v) is 7.95. The van der Waals surface area contributed by atoms with Crippen LogP contribution in [0.2, 0.25) is 0 Å². The topological polar surface area (TPSA) is 109 Å². The maximum absolute atomic E-state index is 11.7. The smallest absolute Gasteiger partial charge is 0.270 e. The van der Waals surface area contributed by atoms with Gasteiger partial charge in [0.05, 0.1) is 16.5 Å². The zero-order chi connectivity index (χ0) is 23.0. The van der Waals surface area contributed by atoms with Crippen molar-refractivity contribution in [3.05, 3.63) is 63.0 Å². The van der Waals surface area contributed by atoms with Crippen LogP contribution in [0.4, 0.5) is 5.69 Å². The van der Waals surface area contributed by atoms with Crippen LogP contribution in [0.15, 0.2) is 46.9 Å². The number of aliphatic hydroxyl groups excluding tert-OH is 1. The molecular formula is C22H24N2O7S. The number of hydrogen-bond donors (Lipinski definition) is 1. The molecule has 0 fully saturated rings. The molecule has 0 unspecified atom stereocenters. The lowest BCUT2D eigenvalue weighted by Crippen LogP contribution is -2.61. The molecule has 0 bridgehead atoms. The van der Waals surface area contributed by atoms with E-state index in [9.17, 15) is 15.2 Å². The minimum atomic E-state index is -1.34. The number of para-hydroxylation sites is 2. The van der Waals surface area contributed by atoms with Crippen molar-refractivity contribution >= 4 is 29.0 Å². The van der Waals surface area contributed by atoms with Crippen LogP contribution >= 0.6 is 12.2 Å². The van der Waals surface area contributed by atoms with Gasteiger partial charge in [-0.2, -0.15) is 0 Å². The average molecular weight is 461 g/mol. The number of hydrogen-bond acceptors (Lipinski definition) is 8. The van der Waals surface area contributed by atoms with Crippen LogP contribution < -0.4 is 4.74 Å². The molecule has 9 nitrogen and oxygen atoms in total. The third-order valence-corrected chi connectivity index (χ3v) is 5.92. The number of non-ortho nitro benzene ring substituents is 1. The molecule has 3 aromatic rings. The maximum Gasteiger partial charge on any atom is 0.270 e. The van der Waals surface area contributed by atoms with Gasteiger partial charge in [-0.25, -0.2) is 0 Å². The fourth-order valence-corrected chi connectivity index (χ4v) is 4.45. The molecule has 1 aliphatic heterocycles. The first kappa shape index (κ1) is 22.4. The number of fused-ring (bicyclic) bond motifs is 2. The SMILES string of the molecule is CCOC(OCC)[C@@]1(C)Oc2ccc([N+](=O)[O-])cc2[C@@H](n2c(=S)oc3ccccc32)[C@@H]1O. The normalized spacial score (nSPS) is 22.7. The monoisotopic (exact) mass is 460 g/mol. The molecule has 0 radical (unpaired) electrons. The van der Waals surface area contributed by atoms with Gasteiger partial charge in [0.2, 0.25) is 0 Å². The highest BCUT2D eigenvalue weighted by Gasteiger charge is 2.54. The van der Waals surface area contributed by atoms with E-state index in [1.54, 1.807) is 17.6 Å². The highest BCUT2D eigenvalue weighted by molar-refractivity contribution is 7.71. The summed E-state index contributed by atoms with van der Waals surface area (Å²) in [5, 5.41) is 23.1. The maximum atomic E-state index is 11.7. The molecule has 2 heterocycles. The standard InChI is InChI=1S/C22H24N2O7S/c1-4-28-20(29-5-2)22(3)19(25)18(14-12-13(24(26)27)10-11-16(14)31-22)23-15-8-6-7-9-17(15)30-21(23)32/h6-12,18-20,25H,4-5H2,1-3H3/t18-,19+,22+/m1/s1. The Morgan fingerprint density at radius 1 is 1.25 bits per heavy atom. The van der Waals surface area contributed by atoms with Crippen LogP contribution in [0.3, 0.4) is 0 Å². The number of nitro groups is 1. The minimum Gasteiger partial charge on any atom is -0.479 e. The van der Waals surface area contributed by atoms with Gasteiger partial charge < -0.3 is 23.7 Å². The number of ether oxygens (including phenoxy) is 3. The van der Waals surface area contributed by atoms with Crippen LogP contribution in [0.5, 0.6) is 5.75 Å². The predicted octanol–water partition coefficient (Wildman–Crippen LogP) is 4.37. The van der Waals surface area contributed by atoms with Gasteiger partial charge >= 0.3 is 0 Å². The molecule has 0 spiro atoms. The third-order valence-electron chi connectivity index (χ3n) is 5.64. The molecule has 0 saturated heterocycles. The summed E-state index contributed by atoms with van der Waals surface area (Å²) in [6.07, 6.45) is -2.14. The summed E-state index contributed by atoms with van der Waals surface area (Å²) in [5.41, 5.74) is 0.133. The van der Waals surface area contributed by atoms with Crippen LogP contribution in [-0.2, 0) is 9.47 Å². The van der Waals surface area contributed by atoms with Crippen molar-refractivity contribution < 1.29 is 28.7 Å². The first-order chi connectivity index (χ1) is 15.3. The van der Waals surface area contributed by atoms with Crippen LogP contribution in [-0.4, -0.2) is 45.8 Å². The Kier molecular flexibility index (Phi) is 6.04. The second-order valence-electron chi connectivity index (χ2n) is 7.60. The Morgan fingerprint density at radius 2 is 1.94 bits per heavy atom. The van der Waals surface area contributed by atoms with Gasteiger partial charge in [0.1, 0.15) is 11.9 Å². The molecule has 4 rings (SSSR count). The molecule has 32 heavy (non-hydrogen) atoms. The fraction of sp³-hybridized carbons (Fsp3) is 0.409. The van der Waals surface area contributed by atoms with E-state index in [0.29, 0.717) is 35.6 Å². The summed E-state index contributed by atoms with van der Waals surface area (Å²) in [4.78, 5) is 11.1. The van der Waals surface area contributed by atoms with E-state index in [2.05, 4.69) is 0 Å². The highest BCUT2D eigenvalue weighted by Crippen LogP contribution is 2.46. The molecule has 0 saturated carbocycles. The van der Waals surface area contributed by atoms with Crippen LogP contribution in [0, 0.1) is 15.0 Å². The Bertz CT molecular complexity index is 1200. The molecule has 1 aromatic heterocycles. The summed E-state index contributed by atoms with van der Waals surface area (Å²) >= 11 is 5.49. The van der Waals surface area contributed by atoms with Gasteiger partial charge in [0.15, 0.2) is 17.5 Å². The number of oxazole rings is 1. The Hall–Kier alpha value is -2.79. The van der Waals surface area contributed by atoms with Crippen molar-refractivity contribution in [2.45, 2.75) is 44.8 Å². The number of nitrogens with zero attached hydrogens (tertiary/aromatic N) is 2. The van der Waals surface area contributed by atoms with E-state index >= 15 is 0 Å². The Labute approximate surface area is 189 Å². The number of aliphatic hydroxyl groups is 1. The molecule has 1 aliphatic rings. The molecule has 170 valence electrons. The first-order valence-electron chi connectivity index (χ1n) is 10.3. The van der Waals surface area contributed by atoms with E-state index in [1.165, 1.54) is 18.2 Å². The van der Waals surface area contributed by atoms with Crippen molar-refractivity contribution in [2.75, 3.05) is 13.2 Å². The van der Waals surface area contributed by atoms with Crippen molar-refractivity contribution in [1.82, 2.24) is 4.57 Å².